The first-order chi connectivity index (χ1) is 27.6. The van der Waals surface area contributed by atoms with Crippen LogP contribution in [0.4, 0.5) is 0 Å². The maximum atomic E-state index is 6.40. The zero-order valence-corrected chi connectivity index (χ0v) is 37.6. The van der Waals surface area contributed by atoms with Crippen molar-refractivity contribution in [2.75, 3.05) is 26.4 Å². The topological polar surface area (TPSA) is 36.9 Å². The lowest BCUT2D eigenvalue weighted by atomic mass is 9.79. The van der Waals surface area contributed by atoms with Crippen LogP contribution in [0.3, 0.4) is 0 Å². The lowest BCUT2D eigenvalue weighted by molar-refractivity contribution is 0.252. The number of allylic oxidation sites excluding steroid dienone is 1. The fourth-order valence-electron chi connectivity index (χ4n) is 10.3. The van der Waals surface area contributed by atoms with Crippen LogP contribution in [-0.2, 0) is 57.3 Å². The van der Waals surface area contributed by atoms with Crippen molar-refractivity contribution >= 4 is 53.6 Å². The molecule has 4 nitrogen and oxygen atoms in total. The van der Waals surface area contributed by atoms with Gasteiger partial charge in [0.1, 0.15) is 23.0 Å². The third kappa shape index (κ3) is 7.38. The fourth-order valence-corrected chi connectivity index (χ4v) is 12.0. The third-order valence-corrected chi connectivity index (χ3v) is 14.8. The van der Waals surface area contributed by atoms with Crippen LogP contribution in [0.15, 0.2) is 30.3 Å². The van der Waals surface area contributed by atoms with Crippen LogP contribution in [0.2, 0.25) is 0 Å². The molecule has 0 fully saturated rings. The molecule has 2 heterocycles. The van der Waals surface area contributed by atoms with Crippen LogP contribution < -0.4 is 29.6 Å². The second-order valence-electron chi connectivity index (χ2n) is 16.3. The molecule has 56 heavy (non-hydrogen) atoms. The van der Waals surface area contributed by atoms with Gasteiger partial charge in [0, 0.05) is 35.1 Å². The van der Waals surface area contributed by atoms with E-state index in [4.69, 9.17) is 18.9 Å². The van der Waals surface area contributed by atoms with Gasteiger partial charge in [-0.1, -0.05) is 12.2 Å². The number of benzene rings is 4. The molecule has 4 unspecified atom stereocenters. The summed E-state index contributed by atoms with van der Waals surface area (Å²) in [6.45, 7) is 2.86. The van der Waals surface area contributed by atoms with Crippen molar-refractivity contribution in [1.82, 2.24) is 0 Å². The van der Waals surface area contributed by atoms with Gasteiger partial charge in [-0.25, -0.2) is 0 Å². The summed E-state index contributed by atoms with van der Waals surface area (Å²) in [5, 5.41) is 2.64. The maximum absolute atomic E-state index is 6.40. The van der Waals surface area contributed by atoms with Crippen molar-refractivity contribution in [2.45, 2.75) is 115 Å². The van der Waals surface area contributed by atoms with E-state index in [1.54, 1.807) is 5.56 Å². The minimum atomic E-state index is 0.707. The average molecular weight is 823 g/mol. The molecule has 294 valence electrons. The summed E-state index contributed by atoms with van der Waals surface area (Å²) in [4.78, 5) is 0. The molecular weight excluding hydrogens is 764 g/mol. The molecule has 0 amide bonds. The van der Waals surface area contributed by atoms with Gasteiger partial charge in [-0.15, -0.1) is 37.0 Å². The van der Waals surface area contributed by atoms with E-state index in [0.29, 0.717) is 13.2 Å². The van der Waals surface area contributed by atoms with Gasteiger partial charge in [0.15, 0.2) is 0 Å². The van der Waals surface area contributed by atoms with Crippen LogP contribution >= 0.6 is 37.0 Å². The molecule has 0 bridgehead atoms. The van der Waals surface area contributed by atoms with Crippen molar-refractivity contribution in [3.8, 4) is 45.3 Å². The Morgan fingerprint density at radius 3 is 1.30 bits per heavy atom. The highest BCUT2D eigenvalue weighted by molar-refractivity contribution is 7.27. The average Bonchev–Trinajstić information content (AvgIpc) is 3.39. The van der Waals surface area contributed by atoms with E-state index in [1.165, 1.54) is 141 Å². The molecule has 8 heteroatoms. The van der Waals surface area contributed by atoms with Crippen molar-refractivity contribution < 1.29 is 18.9 Å². The van der Waals surface area contributed by atoms with Crippen molar-refractivity contribution in [3.63, 3.8) is 0 Å². The van der Waals surface area contributed by atoms with Gasteiger partial charge in [0.2, 0.25) is 0 Å². The predicted octanol–water partition coefficient (Wildman–Crippen LogP) is 10.4. The van der Waals surface area contributed by atoms with Gasteiger partial charge in [-0.2, -0.15) is 0 Å². The summed E-state index contributed by atoms with van der Waals surface area (Å²) in [6.07, 6.45) is 25.4. The molecule has 6 aliphatic rings. The highest BCUT2D eigenvalue weighted by Gasteiger charge is 2.31. The quantitative estimate of drug-likeness (QED) is 0.189. The first-order valence-electron chi connectivity index (χ1n) is 21.4. The third-order valence-electron chi connectivity index (χ3n) is 12.9. The summed E-state index contributed by atoms with van der Waals surface area (Å²) >= 11 is 0. The molecule has 4 aliphatic carbocycles. The molecule has 0 radical (unpaired) electrons. The Morgan fingerprint density at radius 1 is 0.411 bits per heavy atom. The lowest BCUT2D eigenvalue weighted by Gasteiger charge is -2.29. The van der Waals surface area contributed by atoms with Crippen molar-refractivity contribution in [2.24, 2.45) is 0 Å². The van der Waals surface area contributed by atoms with E-state index < -0.39 is 0 Å². The Kier molecular flexibility index (Phi) is 12.1. The Hall–Kier alpha value is -2.46. The first-order valence-corrected chi connectivity index (χ1v) is 24.2. The zero-order chi connectivity index (χ0) is 38.2. The highest BCUT2D eigenvalue weighted by Crippen LogP contribution is 2.50. The van der Waals surface area contributed by atoms with Crippen LogP contribution in [0.1, 0.15) is 113 Å². The molecule has 4 atom stereocenters. The molecule has 2 aliphatic heterocycles. The molecule has 4 aromatic carbocycles. The number of rotatable bonds is 2. The minimum Gasteiger partial charge on any atom is -0.493 e. The largest absolute Gasteiger partial charge is 0.493 e. The van der Waals surface area contributed by atoms with Crippen molar-refractivity contribution in [3.05, 3.63) is 86.0 Å². The molecule has 0 spiro atoms. The Labute approximate surface area is 343 Å². The summed E-state index contributed by atoms with van der Waals surface area (Å²) < 4.78 is 25.5. The fraction of sp³-hybridized carbons (Fsp3) is 0.458. The Bertz CT molecular complexity index is 2120. The number of fused-ring (bicyclic) bond motifs is 14. The molecular formula is C48H58O4P4. The predicted molar refractivity (Wildman–Crippen MR) is 248 cm³/mol. The molecule has 0 saturated heterocycles. The Balaban J connectivity index is 0.000000147. The summed E-state index contributed by atoms with van der Waals surface area (Å²) in [7, 11) is 11.8. The van der Waals surface area contributed by atoms with E-state index >= 15 is 0 Å². The first kappa shape index (κ1) is 39.0. The standard InChI is InChI=1S/C25H30O2P2.C23H28O2P2/c28-14-16-12-22-24(20-8-3-1-6-18(16)20)25-21-9-4-2-7-19(21)17(15-29)13-23(25)27-11-5-10-26-22;26-20-12-18-22(16-8-3-1-6-14(16)20)23-17-9-4-2-7-15(17)21(27)13-19(23)25-11-5-10-24-18/h3,8,12-13H,1-2,4-7,9-11,14-15,28-29H2;12-13H,1-11,26-27H2. The summed E-state index contributed by atoms with van der Waals surface area (Å²) in [5.41, 5.74) is 20.1. The normalized spacial score (nSPS) is 17.9. The van der Waals surface area contributed by atoms with E-state index in [2.05, 4.69) is 73.4 Å². The van der Waals surface area contributed by atoms with Gasteiger partial charge < -0.3 is 18.9 Å². The lowest BCUT2D eigenvalue weighted by Crippen LogP contribution is -2.18. The molecule has 10 rings (SSSR count). The second-order valence-corrected chi connectivity index (χ2v) is 18.4. The Morgan fingerprint density at radius 2 is 0.804 bits per heavy atom. The van der Waals surface area contributed by atoms with E-state index in [9.17, 15) is 0 Å². The number of ether oxygens (including phenoxy) is 4. The van der Waals surface area contributed by atoms with E-state index in [0.717, 1.165) is 93.5 Å². The van der Waals surface area contributed by atoms with Gasteiger partial charge >= 0.3 is 0 Å². The van der Waals surface area contributed by atoms with Gasteiger partial charge in [-0.3, -0.25) is 0 Å². The minimum absolute atomic E-state index is 0.707. The van der Waals surface area contributed by atoms with E-state index in [-0.39, 0.29) is 0 Å². The maximum Gasteiger partial charge on any atom is 0.128 e. The molecule has 4 aromatic rings. The van der Waals surface area contributed by atoms with Gasteiger partial charge in [-0.05, 0) is 193 Å². The van der Waals surface area contributed by atoms with Gasteiger partial charge in [0.25, 0.3) is 0 Å². The van der Waals surface area contributed by atoms with E-state index in [1.807, 2.05) is 0 Å². The van der Waals surface area contributed by atoms with Crippen LogP contribution in [0.5, 0.6) is 23.0 Å². The number of hydrogen-bond donors (Lipinski definition) is 0. The molecule has 0 aromatic heterocycles. The molecule has 0 saturated carbocycles. The smallest absolute Gasteiger partial charge is 0.128 e. The van der Waals surface area contributed by atoms with Crippen LogP contribution in [0, 0.1) is 0 Å². The second kappa shape index (κ2) is 17.4. The highest BCUT2D eigenvalue weighted by atomic mass is 31.0. The monoisotopic (exact) mass is 822 g/mol. The van der Waals surface area contributed by atoms with Crippen LogP contribution in [0.25, 0.3) is 28.3 Å². The van der Waals surface area contributed by atoms with Crippen LogP contribution in [-0.4, -0.2) is 26.4 Å². The number of hydrogen-bond acceptors (Lipinski definition) is 4. The summed E-state index contributed by atoms with van der Waals surface area (Å²) in [5.74, 6) is 4.24. The zero-order valence-electron chi connectivity index (χ0n) is 33.0. The SMILES string of the molecule is PCc1cc2c(c3c1CCC=C3)-c1c(cc(CP)c3c1CCCC3)OCCCO2.Pc1cc2c(c3c1CCCC3)-c1c(cc(P)c3c1CCCC3)OCCCO2. The molecule has 0 N–H and O–H groups in total. The summed E-state index contributed by atoms with van der Waals surface area (Å²) in [6, 6.07) is 9.17. The van der Waals surface area contributed by atoms with Gasteiger partial charge in [0.05, 0.1) is 26.4 Å². The van der Waals surface area contributed by atoms with Crippen molar-refractivity contribution in [1.29, 1.82) is 0 Å².